The van der Waals surface area contributed by atoms with E-state index in [9.17, 15) is 9.18 Å². The Labute approximate surface area is 148 Å². The second kappa shape index (κ2) is 7.48. The maximum absolute atomic E-state index is 13.0. The number of nitrogens with zero attached hydrogens (tertiary/aromatic N) is 3. The molecular formula is C18H16FN3O2S. The number of methoxy groups -OCH3 is 1. The smallest absolute Gasteiger partial charge is 0.196 e. The number of ketones is 1. The molecule has 0 saturated heterocycles. The van der Waals surface area contributed by atoms with Crippen LogP contribution in [-0.2, 0) is 0 Å². The fraction of sp³-hybridized carbons (Fsp3) is 0.167. The van der Waals surface area contributed by atoms with Gasteiger partial charge in [0.15, 0.2) is 10.9 Å². The van der Waals surface area contributed by atoms with E-state index in [1.807, 2.05) is 24.3 Å². The molecule has 128 valence electrons. The Bertz CT molecular complexity index is 880. The third kappa shape index (κ3) is 3.88. The van der Waals surface area contributed by atoms with E-state index in [4.69, 9.17) is 4.74 Å². The van der Waals surface area contributed by atoms with Crippen molar-refractivity contribution in [1.82, 2.24) is 14.8 Å². The number of rotatable bonds is 6. The van der Waals surface area contributed by atoms with E-state index < -0.39 is 0 Å². The first-order valence-electron chi connectivity index (χ1n) is 7.59. The van der Waals surface area contributed by atoms with Crippen LogP contribution in [0.25, 0.3) is 5.69 Å². The van der Waals surface area contributed by atoms with E-state index >= 15 is 0 Å². The van der Waals surface area contributed by atoms with Crippen LogP contribution in [0, 0.1) is 5.82 Å². The molecule has 2 aromatic carbocycles. The first-order chi connectivity index (χ1) is 12.1. The molecule has 0 fully saturated rings. The first kappa shape index (κ1) is 17.2. The number of carbonyl (C=O) groups is 1. The van der Waals surface area contributed by atoms with E-state index in [2.05, 4.69) is 10.2 Å². The zero-order chi connectivity index (χ0) is 17.8. The number of thioether (sulfide) groups is 1. The number of hydrogen-bond acceptors (Lipinski definition) is 5. The predicted molar refractivity (Wildman–Crippen MR) is 94.0 cm³/mol. The van der Waals surface area contributed by atoms with Gasteiger partial charge >= 0.3 is 0 Å². The summed E-state index contributed by atoms with van der Waals surface area (Å²) in [7, 11) is 1.60. The minimum Gasteiger partial charge on any atom is -0.497 e. The van der Waals surface area contributed by atoms with Gasteiger partial charge in [-0.05, 0) is 43.3 Å². The lowest BCUT2D eigenvalue weighted by atomic mass is 10.1. The number of Topliss-reactive ketones (excluding diaryl/α,β-unsaturated/α-hetero) is 1. The maximum Gasteiger partial charge on any atom is 0.196 e. The molecule has 3 aromatic rings. The van der Waals surface area contributed by atoms with Crippen molar-refractivity contribution >= 4 is 17.5 Å². The summed E-state index contributed by atoms with van der Waals surface area (Å²) in [6.07, 6.45) is 1.59. The molecule has 25 heavy (non-hydrogen) atoms. The molecule has 3 rings (SSSR count). The van der Waals surface area contributed by atoms with Crippen molar-refractivity contribution in [3.8, 4) is 11.4 Å². The Morgan fingerprint density at radius 2 is 2.00 bits per heavy atom. The summed E-state index contributed by atoms with van der Waals surface area (Å²) in [5, 5.41) is 8.25. The average molecular weight is 357 g/mol. The van der Waals surface area contributed by atoms with Gasteiger partial charge in [-0.2, -0.15) is 0 Å². The number of ether oxygens (including phenoxy) is 1. The lowest BCUT2D eigenvalue weighted by Gasteiger charge is -2.12. The highest BCUT2D eigenvalue weighted by molar-refractivity contribution is 8.00. The second-order valence-corrected chi connectivity index (χ2v) is 6.62. The summed E-state index contributed by atoms with van der Waals surface area (Å²) in [4.78, 5) is 12.5. The van der Waals surface area contributed by atoms with Crippen molar-refractivity contribution < 1.29 is 13.9 Å². The topological polar surface area (TPSA) is 57.0 Å². The molecule has 0 amide bonds. The van der Waals surface area contributed by atoms with E-state index in [0.29, 0.717) is 10.7 Å². The van der Waals surface area contributed by atoms with Gasteiger partial charge in [-0.15, -0.1) is 10.2 Å². The van der Waals surface area contributed by atoms with E-state index in [-0.39, 0.29) is 16.9 Å². The van der Waals surface area contributed by atoms with Crippen LogP contribution < -0.4 is 4.74 Å². The molecule has 0 saturated carbocycles. The molecule has 1 aromatic heterocycles. The van der Waals surface area contributed by atoms with Gasteiger partial charge in [0.2, 0.25) is 0 Å². The Hall–Kier alpha value is -2.67. The normalized spacial score (nSPS) is 12.0. The van der Waals surface area contributed by atoms with Crippen molar-refractivity contribution in [2.45, 2.75) is 17.3 Å². The van der Waals surface area contributed by atoms with Crippen molar-refractivity contribution in [2.75, 3.05) is 7.11 Å². The molecule has 0 unspecified atom stereocenters. The molecule has 0 N–H and O–H groups in total. The van der Waals surface area contributed by atoms with Crippen LogP contribution in [0.1, 0.15) is 17.3 Å². The first-order valence-corrected chi connectivity index (χ1v) is 8.47. The number of halogens is 1. The zero-order valence-corrected chi connectivity index (χ0v) is 14.5. The van der Waals surface area contributed by atoms with Crippen molar-refractivity contribution in [3.63, 3.8) is 0 Å². The van der Waals surface area contributed by atoms with Crippen LogP contribution in [-0.4, -0.2) is 32.9 Å². The highest BCUT2D eigenvalue weighted by Crippen LogP contribution is 2.27. The van der Waals surface area contributed by atoms with Gasteiger partial charge in [-0.3, -0.25) is 9.36 Å². The van der Waals surface area contributed by atoms with Gasteiger partial charge in [0.1, 0.15) is 17.9 Å². The maximum atomic E-state index is 13.0. The zero-order valence-electron chi connectivity index (χ0n) is 13.7. The van der Waals surface area contributed by atoms with Gasteiger partial charge in [-0.25, -0.2) is 4.39 Å². The fourth-order valence-corrected chi connectivity index (χ4v) is 3.22. The molecule has 0 radical (unpaired) electrons. The van der Waals surface area contributed by atoms with E-state index in [0.717, 1.165) is 11.4 Å². The summed E-state index contributed by atoms with van der Waals surface area (Å²) in [6, 6.07) is 13.0. The monoisotopic (exact) mass is 357 g/mol. The van der Waals surface area contributed by atoms with Crippen LogP contribution in [0.5, 0.6) is 5.75 Å². The van der Waals surface area contributed by atoms with Gasteiger partial charge in [0.25, 0.3) is 0 Å². The Kier molecular flexibility index (Phi) is 5.14. The van der Waals surface area contributed by atoms with Crippen LogP contribution in [0.2, 0.25) is 0 Å². The lowest BCUT2D eigenvalue weighted by Crippen LogP contribution is -2.14. The Balaban J connectivity index is 1.80. The molecule has 0 aliphatic carbocycles. The van der Waals surface area contributed by atoms with E-state index in [1.165, 1.54) is 36.0 Å². The average Bonchev–Trinajstić information content (AvgIpc) is 3.10. The van der Waals surface area contributed by atoms with Gasteiger partial charge in [-0.1, -0.05) is 17.8 Å². The van der Waals surface area contributed by atoms with Crippen LogP contribution >= 0.6 is 11.8 Å². The summed E-state index contributed by atoms with van der Waals surface area (Å²) in [5.41, 5.74) is 1.31. The van der Waals surface area contributed by atoms with E-state index in [1.54, 1.807) is 24.9 Å². The third-order valence-corrected chi connectivity index (χ3v) is 4.68. The van der Waals surface area contributed by atoms with Gasteiger partial charge in [0.05, 0.1) is 18.0 Å². The quantitative estimate of drug-likeness (QED) is 0.496. The van der Waals surface area contributed by atoms with Gasteiger partial charge in [0, 0.05) is 11.6 Å². The molecule has 7 heteroatoms. The minimum absolute atomic E-state index is 0.0924. The number of aromatic nitrogens is 3. The molecule has 1 atom stereocenters. The summed E-state index contributed by atoms with van der Waals surface area (Å²) in [5.74, 6) is 0.261. The lowest BCUT2D eigenvalue weighted by molar-refractivity contribution is 0.0994. The number of benzene rings is 2. The van der Waals surface area contributed by atoms with Crippen LogP contribution in [0.4, 0.5) is 4.39 Å². The SMILES string of the molecule is COc1cccc(-n2cnnc2S[C@H](C)C(=O)c2ccc(F)cc2)c1. The van der Waals surface area contributed by atoms with Crippen LogP contribution in [0.3, 0.4) is 0 Å². The summed E-state index contributed by atoms with van der Waals surface area (Å²) >= 11 is 1.30. The molecule has 5 nitrogen and oxygen atoms in total. The molecule has 0 spiro atoms. The highest BCUT2D eigenvalue weighted by Gasteiger charge is 2.20. The van der Waals surface area contributed by atoms with Crippen LogP contribution in [0.15, 0.2) is 60.0 Å². The fourth-order valence-electron chi connectivity index (χ4n) is 2.30. The van der Waals surface area contributed by atoms with Gasteiger partial charge < -0.3 is 4.74 Å². The molecule has 0 bridgehead atoms. The Morgan fingerprint density at radius 1 is 1.24 bits per heavy atom. The second-order valence-electron chi connectivity index (χ2n) is 5.32. The van der Waals surface area contributed by atoms with Crippen molar-refractivity contribution in [2.24, 2.45) is 0 Å². The summed E-state index contributed by atoms with van der Waals surface area (Å²) in [6.45, 7) is 1.79. The molecule has 1 heterocycles. The standard InChI is InChI=1S/C18H16FN3O2S/c1-12(17(23)13-6-8-14(19)9-7-13)25-18-21-20-11-22(18)15-4-3-5-16(10-15)24-2/h3-12H,1-2H3/t12-/m1/s1. The molecular weight excluding hydrogens is 341 g/mol. The number of hydrogen-bond donors (Lipinski definition) is 0. The largest absolute Gasteiger partial charge is 0.497 e. The predicted octanol–water partition coefficient (Wildman–Crippen LogP) is 3.78. The Morgan fingerprint density at radius 3 is 2.72 bits per heavy atom. The third-order valence-electron chi connectivity index (χ3n) is 3.63. The van der Waals surface area contributed by atoms with Crippen molar-refractivity contribution in [1.29, 1.82) is 0 Å². The summed E-state index contributed by atoms with van der Waals surface area (Å²) < 4.78 is 20.0. The highest BCUT2D eigenvalue weighted by atomic mass is 32.2. The minimum atomic E-state index is -0.390. The van der Waals surface area contributed by atoms with Crippen molar-refractivity contribution in [3.05, 3.63) is 66.2 Å². The number of carbonyl (C=O) groups excluding carboxylic acids is 1. The molecule has 0 aliphatic heterocycles. The molecule has 0 aliphatic rings.